The number of rotatable bonds is 20. The number of benzene rings is 4. The van der Waals surface area contributed by atoms with Crippen molar-refractivity contribution in [2.75, 3.05) is 26.2 Å². The van der Waals surface area contributed by atoms with E-state index in [0.717, 1.165) is 46.2 Å². The van der Waals surface area contributed by atoms with Gasteiger partial charge in [-0.3, -0.25) is 9.59 Å². The van der Waals surface area contributed by atoms with Crippen LogP contribution >= 0.6 is 0 Å². The standard InChI is InChI=1S/C47H57N3O6/c1-5-17-44(36-20-11-8-12-21-36)56-46(53)48-30-37(51)28-29-50(31-34(6-2)35-18-9-7-10-19-35)45(52)43(27-26-33(3)4)49-47(54)55-32-42-40-24-15-13-22-38(40)39-23-14-16-25-41(39)42/h7-16,18-25,33-34,42-44H,5-6,17,26-32H2,1-4H3,(H,48,53)(H,49,54)/t34-,43?,44?/m1/s1. The lowest BCUT2D eigenvalue weighted by atomic mass is 9.95. The molecule has 0 aliphatic heterocycles. The molecule has 9 nitrogen and oxygen atoms in total. The summed E-state index contributed by atoms with van der Waals surface area (Å²) >= 11 is 0. The summed E-state index contributed by atoms with van der Waals surface area (Å²) in [5.74, 6) is -0.307. The van der Waals surface area contributed by atoms with Gasteiger partial charge in [-0.1, -0.05) is 143 Å². The van der Waals surface area contributed by atoms with E-state index in [2.05, 4.69) is 55.7 Å². The van der Waals surface area contributed by atoms with Crippen molar-refractivity contribution >= 4 is 23.9 Å². The molecule has 5 rings (SSSR count). The molecule has 4 aromatic rings. The molecule has 56 heavy (non-hydrogen) atoms. The molecule has 2 unspecified atom stereocenters. The zero-order valence-electron chi connectivity index (χ0n) is 33.2. The molecule has 4 aromatic carbocycles. The number of ether oxygens (including phenoxy) is 2. The topological polar surface area (TPSA) is 114 Å². The number of nitrogens with zero attached hydrogens (tertiary/aromatic N) is 1. The van der Waals surface area contributed by atoms with Crippen LogP contribution in [0.4, 0.5) is 9.59 Å². The van der Waals surface area contributed by atoms with Crippen LogP contribution in [0.15, 0.2) is 109 Å². The Labute approximate surface area is 332 Å². The smallest absolute Gasteiger partial charge is 0.408 e. The van der Waals surface area contributed by atoms with Gasteiger partial charge in [-0.05, 0) is 65.0 Å². The van der Waals surface area contributed by atoms with Gasteiger partial charge >= 0.3 is 12.2 Å². The van der Waals surface area contributed by atoms with E-state index in [1.54, 1.807) is 4.90 Å². The quantitative estimate of drug-likeness (QED) is 0.0928. The second kappa shape index (κ2) is 21.0. The first-order chi connectivity index (χ1) is 27.2. The van der Waals surface area contributed by atoms with Crippen molar-refractivity contribution in [3.8, 4) is 11.1 Å². The van der Waals surface area contributed by atoms with Crippen LogP contribution < -0.4 is 10.6 Å². The third-order valence-corrected chi connectivity index (χ3v) is 10.5. The molecular weight excluding hydrogens is 703 g/mol. The van der Waals surface area contributed by atoms with E-state index in [4.69, 9.17) is 9.47 Å². The zero-order valence-corrected chi connectivity index (χ0v) is 33.2. The van der Waals surface area contributed by atoms with Crippen molar-refractivity contribution in [1.82, 2.24) is 15.5 Å². The van der Waals surface area contributed by atoms with Gasteiger partial charge in [0.25, 0.3) is 0 Å². The van der Waals surface area contributed by atoms with Gasteiger partial charge in [0.15, 0.2) is 5.78 Å². The van der Waals surface area contributed by atoms with Crippen LogP contribution in [0.25, 0.3) is 11.1 Å². The fraction of sp³-hybridized carbons (Fsp3) is 0.404. The Balaban J connectivity index is 1.25. The zero-order chi connectivity index (χ0) is 39.9. The minimum absolute atomic E-state index is 0.0112. The van der Waals surface area contributed by atoms with Crippen LogP contribution in [-0.4, -0.2) is 61.1 Å². The summed E-state index contributed by atoms with van der Waals surface area (Å²) in [6, 6.07) is 35.0. The minimum Gasteiger partial charge on any atom is -0.449 e. The average molecular weight is 760 g/mol. The van der Waals surface area contributed by atoms with Crippen LogP contribution in [0.2, 0.25) is 0 Å². The Morgan fingerprint density at radius 1 is 0.714 bits per heavy atom. The molecule has 0 radical (unpaired) electrons. The summed E-state index contributed by atoms with van der Waals surface area (Å²) in [5, 5.41) is 5.53. The Morgan fingerprint density at radius 2 is 1.30 bits per heavy atom. The largest absolute Gasteiger partial charge is 0.449 e. The van der Waals surface area contributed by atoms with Gasteiger partial charge in [-0.25, -0.2) is 9.59 Å². The second-order valence-electron chi connectivity index (χ2n) is 15.0. The highest BCUT2D eigenvalue weighted by Gasteiger charge is 2.32. The highest BCUT2D eigenvalue weighted by atomic mass is 16.6. The summed E-state index contributed by atoms with van der Waals surface area (Å²) in [4.78, 5) is 55.7. The third kappa shape index (κ3) is 11.5. The van der Waals surface area contributed by atoms with Crippen molar-refractivity contribution in [2.45, 2.75) is 90.2 Å². The number of carbonyl (C=O) groups is 4. The normalized spacial score (nSPS) is 13.5. The molecule has 1 aliphatic carbocycles. The highest BCUT2D eigenvalue weighted by Crippen LogP contribution is 2.44. The Kier molecular flexibility index (Phi) is 15.7. The number of fused-ring (bicyclic) bond motifs is 3. The van der Waals surface area contributed by atoms with Gasteiger partial charge in [-0.15, -0.1) is 0 Å². The highest BCUT2D eigenvalue weighted by molar-refractivity contribution is 5.87. The molecule has 0 heterocycles. The van der Waals surface area contributed by atoms with Crippen molar-refractivity contribution < 1.29 is 28.7 Å². The Morgan fingerprint density at radius 3 is 1.89 bits per heavy atom. The lowest BCUT2D eigenvalue weighted by molar-refractivity contribution is -0.134. The van der Waals surface area contributed by atoms with Crippen LogP contribution in [0, 0.1) is 5.92 Å². The predicted octanol–water partition coefficient (Wildman–Crippen LogP) is 9.58. The Hall–Kier alpha value is -5.44. The molecular formula is C47H57N3O6. The van der Waals surface area contributed by atoms with Gasteiger partial charge in [0.05, 0.1) is 6.54 Å². The van der Waals surface area contributed by atoms with Gasteiger partial charge in [0.1, 0.15) is 18.8 Å². The number of hydrogen-bond donors (Lipinski definition) is 2. The summed E-state index contributed by atoms with van der Waals surface area (Å²) in [7, 11) is 0. The van der Waals surface area contributed by atoms with E-state index in [1.807, 2.05) is 91.9 Å². The first kappa shape index (κ1) is 41.7. The molecule has 296 valence electrons. The molecule has 9 heteroatoms. The molecule has 0 bridgehead atoms. The summed E-state index contributed by atoms with van der Waals surface area (Å²) < 4.78 is 11.6. The maximum Gasteiger partial charge on any atom is 0.408 e. The van der Waals surface area contributed by atoms with Gasteiger partial charge in [0, 0.05) is 31.3 Å². The van der Waals surface area contributed by atoms with E-state index < -0.39 is 24.3 Å². The predicted molar refractivity (Wildman–Crippen MR) is 220 cm³/mol. The van der Waals surface area contributed by atoms with Crippen LogP contribution in [0.1, 0.15) is 106 Å². The van der Waals surface area contributed by atoms with Crippen molar-refractivity contribution in [1.29, 1.82) is 0 Å². The number of amides is 3. The van der Waals surface area contributed by atoms with Gasteiger partial charge in [0.2, 0.25) is 5.91 Å². The minimum atomic E-state index is -0.849. The Bertz CT molecular complexity index is 1840. The molecule has 1 aliphatic rings. The second-order valence-corrected chi connectivity index (χ2v) is 15.0. The number of alkyl carbamates (subject to hydrolysis) is 2. The number of ketones is 1. The van der Waals surface area contributed by atoms with Crippen LogP contribution in [0.3, 0.4) is 0 Å². The van der Waals surface area contributed by atoms with Crippen LogP contribution in [0.5, 0.6) is 0 Å². The van der Waals surface area contributed by atoms with Crippen molar-refractivity contribution in [3.05, 3.63) is 131 Å². The summed E-state index contributed by atoms with van der Waals surface area (Å²) in [6.07, 6.45) is 1.67. The third-order valence-electron chi connectivity index (χ3n) is 10.5. The van der Waals surface area contributed by atoms with E-state index in [-0.39, 0.29) is 49.6 Å². The number of hydrogen-bond acceptors (Lipinski definition) is 6. The van der Waals surface area contributed by atoms with Crippen molar-refractivity contribution in [2.24, 2.45) is 5.92 Å². The first-order valence-corrected chi connectivity index (χ1v) is 20.1. The summed E-state index contributed by atoms with van der Waals surface area (Å²) in [6.45, 7) is 8.66. The first-order valence-electron chi connectivity index (χ1n) is 20.1. The maximum absolute atomic E-state index is 14.5. The number of nitrogens with one attached hydrogen (secondary N) is 2. The molecule has 0 aromatic heterocycles. The molecule has 0 spiro atoms. The van der Waals surface area contributed by atoms with Crippen molar-refractivity contribution in [3.63, 3.8) is 0 Å². The van der Waals surface area contributed by atoms with Gasteiger partial charge in [-0.2, -0.15) is 0 Å². The lowest BCUT2D eigenvalue weighted by Gasteiger charge is -2.31. The fourth-order valence-corrected chi connectivity index (χ4v) is 7.43. The maximum atomic E-state index is 14.5. The van der Waals surface area contributed by atoms with E-state index in [0.29, 0.717) is 31.7 Å². The molecule has 0 saturated heterocycles. The molecule has 3 amide bonds. The lowest BCUT2D eigenvalue weighted by Crippen LogP contribution is -2.50. The monoisotopic (exact) mass is 759 g/mol. The van der Waals surface area contributed by atoms with E-state index in [9.17, 15) is 19.2 Å². The average Bonchev–Trinajstić information content (AvgIpc) is 3.54. The molecule has 2 N–H and O–H groups in total. The number of Topliss-reactive ketones (excluding diaryl/α,β-unsaturated/α-hetero) is 1. The SMILES string of the molecule is CCCC(OC(=O)NCC(=O)CCN(C[C@@H](CC)c1ccccc1)C(=O)C(CCC(C)C)NC(=O)OCC1c2ccccc2-c2ccccc21)c1ccccc1. The molecule has 0 fully saturated rings. The van der Waals surface area contributed by atoms with Gasteiger partial charge < -0.3 is 25.0 Å². The van der Waals surface area contributed by atoms with Crippen LogP contribution in [-0.2, 0) is 19.1 Å². The molecule has 0 saturated carbocycles. The van der Waals surface area contributed by atoms with E-state index in [1.165, 1.54) is 0 Å². The molecule has 3 atom stereocenters. The number of carbonyl (C=O) groups excluding carboxylic acids is 4. The van der Waals surface area contributed by atoms with E-state index >= 15 is 0 Å². The fourth-order valence-electron chi connectivity index (χ4n) is 7.43. The summed E-state index contributed by atoms with van der Waals surface area (Å²) in [5.41, 5.74) is 6.47.